The van der Waals surface area contributed by atoms with Crippen molar-refractivity contribution in [2.75, 3.05) is 44.7 Å². The number of fused-ring (bicyclic) bond motifs is 1. The van der Waals surface area contributed by atoms with E-state index >= 15 is 0 Å². The summed E-state index contributed by atoms with van der Waals surface area (Å²) < 4.78 is 11.4. The number of rotatable bonds is 13. The number of aryl methyl sites for hydroxylation is 2. The monoisotopic (exact) mass is 495 g/mol. The Kier molecular flexibility index (Phi) is 9.59. The summed E-state index contributed by atoms with van der Waals surface area (Å²) in [4.78, 5) is 18.9. The lowest BCUT2D eigenvalue weighted by Gasteiger charge is -2.24. The smallest absolute Gasteiger partial charge is 0.304 e. The number of likely N-dealkylation sites (tertiary alicyclic amines) is 1. The molecule has 1 aromatic heterocycles. The molecular weight excluding hydrogens is 454 g/mol. The molecular formula is C29H41N3O4. The van der Waals surface area contributed by atoms with Crippen LogP contribution in [0.15, 0.2) is 36.4 Å². The van der Waals surface area contributed by atoms with Gasteiger partial charge >= 0.3 is 5.97 Å². The maximum Gasteiger partial charge on any atom is 0.304 e. The lowest BCUT2D eigenvalue weighted by atomic mass is 9.94. The zero-order valence-corrected chi connectivity index (χ0v) is 21.7. The topological polar surface area (TPSA) is 83.9 Å². The number of carboxylic acid groups (broad SMARTS) is 1. The molecule has 2 aliphatic heterocycles. The molecule has 1 aromatic carbocycles. The van der Waals surface area contributed by atoms with E-state index in [-0.39, 0.29) is 18.4 Å². The van der Waals surface area contributed by atoms with E-state index < -0.39 is 5.97 Å². The largest absolute Gasteiger partial charge is 0.491 e. The number of aromatic nitrogens is 1. The quantitative estimate of drug-likeness (QED) is 0.388. The highest BCUT2D eigenvalue weighted by atomic mass is 16.5. The molecule has 0 saturated carbocycles. The van der Waals surface area contributed by atoms with Crippen molar-refractivity contribution in [1.29, 1.82) is 0 Å². The highest BCUT2D eigenvalue weighted by molar-refractivity contribution is 5.68. The summed E-state index contributed by atoms with van der Waals surface area (Å²) in [5, 5.41) is 13.0. The van der Waals surface area contributed by atoms with Gasteiger partial charge in [0, 0.05) is 31.2 Å². The molecule has 36 heavy (non-hydrogen) atoms. The van der Waals surface area contributed by atoms with Crippen molar-refractivity contribution in [3.05, 3.63) is 53.2 Å². The van der Waals surface area contributed by atoms with Gasteiger partial charge in [-0.05, 0) is 87.7 Å². The summed E-state index contributed by atoms with van der Waals surface area (Å²) in [6.07, 6.45) is 5.86. The van der Waals surface area contributed by atoms with Crippen LogP contribution < -0.4 is 10.1 Å². The molecule has 3 heterocycles. The van der Waals surface area contributed by atoms with Crippen LogP contribution in [0.25, 0.3) is 0 Å². The molecule has 0 bridgehead atoms. The predicted molar refractivity (Wildman–Crippen MR) is 142 cm³/mol. The Morgan fingerprint density at radius 1 is 1.25 bits per heavy atom. The number of ether oxygens (including phenoxy) is 2. The number of anilines is 1. The third-order valence-corrected chi connectivity index (χ3v) is 7.16. The molecule has 196 valence electrons. The highest BCUT2D eigenvalue weighted by Gasteiger charge is 2.27. The third-order valence-electron chi connectivity index (χ3n) is 7.16. The number of benzene rings is 1. The molecule has 2 aromatic rings. The number of hydrogen-bond donors (Lipinski definition) is 2. The fourth-order valence-electron chi connectivity index (χ4n) is 5.29. The fourth-order valence-corrected chi connectivity index (χ4v) is 5.29. The van der Waals surface area contributed by atoms with Gasteiger partial charge in [-0.1, -0.05) is 18.2 Å². The molecule has 2 atom stereocenters. The van der Waals surface area contributed by atoms with E-state index in [1.165, 1.54) is 17.7 Å². The average Bonchev–Trinajstić information content (AvgIpc) is 3.32. The van der Waals surface area contributed by atoms with Crippen molar-refractivity contribution in [3.63, 3.8) is 0 Å². The summed E-state index contributed by atoms with van der Waals surface area (Å²) in [5.41, 5.74) is 3.52. The van der Waals surface area contributed by atoms with Gasteiger partial charge in [0.05, 0.1) is 19.1 Å². The normalized spacial score (nSPS) is 18.6. The summed E-state index contributed by atoms with van der Waals surface area (Å²) in [6.45, 7) is 8.82. The van der Waals surface area contributed by atoms with Crippen molar-refractivity contribution in [3.8, 4) is 5.75 Å². The summed E-state index contributed by atoms with van der Waals surface area (Å²) in [5.74, 6) is 1.63. The van der Waals surface area contributed by atoms with Gasteiger partial charge in [0.25, 0.3) is 0 Å². The Hall–Kier alpha value is -2.64. The Balaban J connectivity index is 1.29. The summed E-state index contributed by atoms with van der Waals surface area (Å²) >= 11 is 0. The predicted octanol–water partition coefficient (Wildman–Crippen LogP) is 4.76. The van der Waals surface area contributed by atoms with Crippen LogP contribution in [0.1, 0.15) is 62.3 Å². The summed E-state index contributed by atoms with van der Waals surface area (Å²) in [6, 6.07) is 12.3. The molecule has 7 nitrogen and oxygen atoms in total. The fraction of sp³-hybridized carbons (Fsp3) is 0.586. The average molecular weight is 496 g/mol. The Bertz CT molecular complexity index is 996. The van der Waals surface area contributed by atoms with Crippen molar-refractivity contribution in [2.45, 2.75) is 64.4 Å². The molecule has 1 saturated heterocycles. The van der Waals surface area contributed by atoms with E-state index in [1.807, 2.05) is 38.1 Å². The first kappa shape index (κ1) is 26.4. The van der Waals surface area contributed by atoms with Crippen molar-refractivity contribution >= 4 is 11.8 Å². The lowest BCUT2D eigenvalue weighted by molar-refractivity contribution is -0.137. The van der Waals surface area contributed by atoms with Crippen LogP contribution in [0, 0.1) is 5.92 Å². The van der Waals surface area contributed by atoms with Gasteiger partial charge in [-0.3, -0.25) is 4.79 Å². The Morgan fingerprint density at radius 3 is 2.97 bits per heavy atom. The van der Waals surface area contributed by atoms with Crippen LogP contribution >= 0.6 is 0 Å². The van der Waals surface area contributed by atoms with Crippen molar-refractivity contribution < 1.29 is 19.4 Å². The van der Waals surface area contributed by atoms with Gasteiger partial charge in [-0.15, -0.1) is 0 Å². The number of nitrogens with one attached hydrogen (secondary N) is 1. The third kappa shape index (κ3) is 7.93. The van der Waals surface area contributed by atoms with E-state index in [0.717, 1.165) is 69.0 Å². The van der Waals surface area contributed by atoms with Crippen molar-refractivity contribution in [2.24, 2.45) is 5.92 Å². The van der Waals surface area contributed by atoms with Crippen LogP contribution in [0.4, 0.5) is 5.82 Å². The minimum atomic E-state index is -0.764. The minimum absolute atomic E-state index is 0.0647. The molecule has 0 aliphatic carbocycles. The van der Waals surface area contributed by atoms with Crippen LogP contribution in [0.3, 0.4) is 0 Å². The van der Waals surface area contributed by atoms with E-state index in [1.54, 1.807) is 0 Å². The maximum atomic E-state index is 11.7. The second kappa shape index (κ2) is 13.1. The van der Waals surface area contributed by atoms with Gasteiger partial charge in [-0.25, -0.2) is 4.98 Å². The van der Waals surface area contributed by atoms with E-state index in [0.29, 0.717) is 19.1 Å². The van der Waals surface area contributed by atoms with Gasteiger partial charge in [0.1, 0.15) is 18.2 Å². The van der Waals surface area contributed by atoms with Crippen LogP contribution in [0.2, 0.25) is 0 Å². The van der Waals surface area contributed by atoms with Gasteiger partial charge in [0.15, 0.2) is 0 Å². The lowest BCUT2D eigenvalue weighted by Crippen LogP contribution is -2.28. The van der Waals surface area contributed by atoms with Crippen molar-refractivity contribution in [1.82, 2.24) is 9.88 Å². The second-order valence-corrected chi connectivity index (χ2v) is 10.4. The number of aliphatic carboxylic acids is 1. The molecule has 2 N–H and O–H groups in total. The van der Waals surface area contributed by atoms with E-state index in [9.17, 15) is 9.90 Å². The molecule has 7 heteroatoms. The molecule has 2 aliphatic rings. The first-order valence-corrected chi connectivity index (χ1v) is 13.5. The number of carbonyl (C=O) groups is 1. The SMILES string of the molecule is CC(C)OCCOc1cccc(C(CC(=O)O)CN2CC[C@@H](CCc3ccc4c(n3)NCCC4)C2)c1. The molecule has 0 radical (unpaired) electrons. The van der Waals surface area contributed by atoms with E-state index in [2.05, 4.69) is 22.3 Å². The van der Waals surface area contributed by atoms with Crippen LogP contribution in [0.5, 0.6) is 5.75 Å². The molecule has 0 amide bonds. The number of pyridine rings is 1. The zero-order valence-electron chi connectivity index (χ0n) is 21.7. The molecule has 1 unspecified atom stereocenters. The van der Waals surface area contributed by atoms with Gasteiger partial charge in [-0.2, -0.15) is 0 Å². The molecule has 0 spiro atoms. The first-order chi connectivity index (χ1) is 17.5. The zero-order chi connectivity index (χ0) is 25.3. The van der Waals surface area contributed by atoms with Crippen LogP contribution in [-0.2, 0) is 22.4 Å². The Morgan fingerprint density at radius 2 is 2.14 bits per heavy atom. The first-order valence-electron chi connectivity index (χ1n) is 13.5. The second-order valence-electron chi connectivity index (χ2n) is 10.4. The van der Waals surface area contributed by atoms with E-state index in [4.69, 9.17) is 14.5 Å². The van der Waals surface area contributed by atoms with Crippen LogP contribution in [-0.4, -0.2) is 66.5 Å². The maximum absolute atomic E-state index is 11.7. The van der Waals surface area contributed by atoms with Gasteiger partial charge < -0.3 is 24.8 Å². The molecule has 1 fully saturated rings. The number of hydrogen-bond acceptors (Lipinski definition) is 6. The van der Waals surface area contributed by atoms with Gasteiger partial charge in [0.2, 0.25) is 0 Å². The highest BCUT2D eigenvalue weighted by Crippen LogP contribution is 2.29. The standard InChI is InChI=1S/C29H41N3O4/c1-21(2)35-15-16-36-27-7-3-5-24(17-27)25(18-28(33)34)20-32-14-12-22(19-32)8-10-26-11-9-23-6-4-13-30-29(23)31-26/h3,5,7,9,11,17,21-22,25H,4,6,8,10,12-16,18-20H2,1-2H3,(H,30,31)(H,33,34)/t22-,25?/m1/s1. The summed E-state index contributed by atoms with van der Waals surface area (Å²) in [7, 11) is 0. The minimum Gasteiger partial charge on any atom is -0.491 e. The molecule has 4 rings (SSSR count). The number of nitrogens with zero attached hydrogens (tertiary/aromatic N) is 2. The Labute approximate surface area is 215 Å². The number of carboxylic acids is 1.